The third kappa shape index (κ3) is 4.25. The van der Waals surface area contributed by atoms with Crippen molar-refractivity contribution in [2.75, 3.05) is 6.54 Å². The van der Waals surface area contributed by atoms with Crippen LogP contribution in [0.5, 0.6) is 0 Å². The molecule has 2 rings (SSSR count). The quantitative estimate of drug-likeness (QED) is 0.846. The molecule has 5 heteroatoms. The van der Waals surface area contributed by atoms with Crippen LogP contribution in [0.2, 0.25) is 0 Å². The van der Waals surface area contributed by atoms with Gasteiger partial charge in [-0.15, -0.1) is 22.7 Å². The average molecular weight is 281 g/mol. The third-order valence-corrected chi connectivity index (χ3v) is 4.28. The summed E-state index contributed by atoms with van der Waals surface area (Å²) in [5, 5.41) is 12.9. The van der Waals surface area contributed by atoms with E-state index >= 15 is 0 Å². The van der Waals surface area contributed by atoms with Gasteiger partial charge in [0, 0.05) is 29.4 Å². The van der Waals surface area contributed by atoms with Crippen LogP contribution >= 0.6 is 22.7 Å². The lowest BCUT2D eigenvalue weighted by molar-refractivity contribution is -0.137. The Morgan fingerprint density at radius 3 is 2.06 bits per heavy atom. The summed E-state index contributed by atoms with van der Waals surface area (Å²) in [7, 11) is 0. The third-order valence-electron chi connectivity index (χ3n) is 2.56. The van der Waals surface area contributed by atoms with Crippen LogP contribution < -0.4 is 0 Å². The fourth-order valence-electron chi connectivity index (χ4n) is 1.71. The van der Waals surface area contributed by atoms with Gasteiger partial charge in [-0.3, -0.25) is 9.69 Å². The largest absolute Gasteiger partial charge is 0.481 e. The maximum atomic E-state index is 10.7. The predicted molar refractivity (Wildman–Crippen MR) is 75.0 cm³/mol. The summed E-state index contributed by atoms with van der Waals surface area (Å²) < 4.78 is 0. The highest BCUT2D eigenvalue weighted by Crippen LogP contribution is 2.17. The number of hydrogen-bond acceptors (Lipinski definition) is 4. The first-order valence-electron chi connectivity index (χ1n) is 5.73. The van der Waals surface area contributed by atoms with E-state index in [1.165, 1.54) is 9.75 Å². The van der Waals surface area contributed by atoms with Gasteiger partial charge in [0.2, 0.25) is 0 Å². The Hall–Kier alpha value is -1.17. The normalized spacial score (nSPS) is 10.9. The van der Waals surface area contributed by atoms with Crippen molar-refractivity contribution in [1.82, 2.24) is 4.90 Å². The maximum Gasteiger partial charge on any atom is 0.304 e. The summed E-state index contributed by atoms with van der Waals surface area (Å²) in [6, 6.07) is 8.24. The van der Waals surface area contributed by atoms with Gasteiger partial charge < -0.3 is 5.11 Å². The summed E-state index contributed by atoms with van der Waals surface area (Å²) in [6.45, 7) is 2.23. The maximum absolute atomic E-state index is 10.7. The first-order chi connectivity index (χ1) is 8.74. The minimum Gasteiger partial charge on any atom is -0.481 e. The Kier molecular flexibility index (Phi) is 4.92. The Morgan fingerprint density at radius 1 is 1.11 bits per heavy atom. The van der Waals surface area contributed by atoms with Crippen LogP contribution in [0, 0.1) is 0 Å². The van der Waals surface area contributed by atoms with E-state index in [1.807, 2.05) is 12.1 Å². The fourth-order valence-corrected chi connectivity index (χ4v) is 3.21. The minimum atomic E-state index is -0.739. The lowest BCUT2D eigenvalue weighted by Gasteiger charge is -2.20. The van der Waals surface area contributed by atoms with Crippen molar-refractivity contribution in [3.05, 3.63) is 44.8 Å². The molecule has 0 radical (unpaired) electrons. The average Bonchev–Trinajstić information content (AvgIpc) is 2.98. The molecular weight excluding hydrogens is 266 g/mol. The van der Waals surface area contributed by atoms with Crippen LogP contribution in [-0.2, 0) is 17.9 Å². The first kappa shape index (κ1) is 13.3. The van der Waals surface area contributed by atoms with Crippen LogP contribution in [0.3, 0.4) is 0 Å². The molecule has 96 valence electrons. The number of carbonyl (C=O) groups is 1. The molecule has 0 spiro atoms. The highest BCUT2D eigenvalue weighted by molar-refractivity contribution is 7.10. The van der Waals surface area contributed by atoms with Gasteiger partial charge in [-0.05, 0) is 22.9 Å². The zero-order valence-corrected chi connectivity index (χ0v) is 11.5. The number of rotatable bonds is 7. The molecule has 2 heterocycles. The van der Waals surface area contributed by atoms with Crippen LogP contribution in [-0.4, -0.2) is 22.5 Å². The molecule has 0 fully saturated rings. The molecule has 2 aromatic heterocycles. The molecule has 0 aliphatic heterocycles. The van der Waals surface area contributed by atoms with Crippen molar-refractivity contribution in [1.29, 1.82) is 0 Å². The number of thiophene rings is 2. The molecule has 18 heavy (non-hydrogen) atoms. The molecule has 0 saturated heterocycles. The SMILES string of the molecule is O=C(O)CCN(Cc1cccs1)Cc1cccs1. The van der Waals surface area contributed by atoms with Crippen molar-refractivity contribution in [2.24, 2.45) is 0 Å². The molecule has 0 aliphatic rings. The minimum absolute atomic E-state index is 0.191. The molecule has 0 saturated carbocycles. The highest BCUT2D eigenvalue weighted by atomic mass is 32.1. The van der Waals surface area contributed by atoms with E-state index in [0.29, 0.717) is 6.54 Å². The van der Waals surface area contributed by atoms with Crippen LogP contribution in [0.15, 0.2) is 35.0 Å². The number of hydrogen-bond donors (Lipinski definition) is 1. The molecule has 0 bridgehead atoms. The van der Waals surface area contributed by atoms with Gasteiger partial charge in [0.15, 0.2) is 0 Å². The van der Waals surface area contributed by atoms with Crippen molar-refractivity contribution >= 4 is 28.6 Å². The summed E-state index contributed by atoms with van der Waals surface area (Å²) in [6.07, 6.45) is 0.191. The van der Waals surface area contributed by atoms with Crippen molar-refractivity contribution in [3.63, 3.8) is 0 Å². The Bertz CT molecular complexity index is 429. The molecule has 2 aromatic rings. The van der Waals surface area contributed by atoms with Gasteiger partial charge in [0.25, 0.3) is 0 Å². The summed E-state index contributed by atoms with van der Waals surface area (Å²) >= 11 is 3.42. The Balaban J connectivity index is 1.95. The first-order valence-corrected chi connectivity index (χ1v) is 7.49. The van der Waals surface area contributed by atoms with E-state index in [1.54, 1.807) is 22.7 Å². The Morgan fingerprint density at radius 2 is 1.67 bits per heavy atom. The molecule has 0 unspecified atom stereocenters. The van der Waals surface area contributed by atoms with Crippen molar-refractivity contribution in [3.8, 4) is 0 Å². The standard InChI is InChI=1S/C13H15NO2S2/c15-13(16)5-6-14(9-11-3-1-7-17-11)10-12-4-2-8-18-12/h1-4,7-8H,5-6,9-10H2,(H,15,16). The second-order valence-corrected chi connectivity index (χ2v) is 6.08. The lowest BCUT2D eigenvalue weighted by atomic mass is 10.3. The van der Waals surface area contributed by atoms with Gasteiger partial charge in [-0.25, -0.2) is 0 Å². The van der Waals surface area contributed by atoms with Crippen molar-refractivity contribution < 1.29 is 9.90 Å². The summed E-state index contributed by atoms with van der Waals surface area (Å²) in [5.74, 6) is -0.739. The van der Waals surface area contributed by atoms with E-state index in [2.05, 4.69) is 27.8 Å². The smallest absolute Gasteiger partial charge is 0.304 e. The topological polar surface area (TPSA) is 40.5 Å². The summed E-state index contributed by atoms with van der Waals surface area (Å²) in [4.78, 5) is 15.4. The molecule has 3 nitrogen and oxygen atoms in total. The molecule has 0 atom stereocenters. The van der Waals surface area contributed by atoms with E-state index in [4.69, 9.17) is 5.11 Å². The van der Waals surface area contributed by atoms with E-state index in [-0.39, 0.29) is 6.42 Å². The van der Waals surface area contributed by atoms with E-state index in [9.17, 15) is 4.79 Å². The monoisotopic (exact) mass is 281 g/mol. The second-order valence-electron chi connectivity index (χ2n) is 4.01. The van der Waals surface area contributed by atoms with Crippen molar-refractivity contribution in [2.45, 2.75) is 19.5 Å². The zero-order valence-electron chi connectivity index (χ0n) is 9.91. The van der Waals surface area contributed by atoms with E-state index in [0.717, 1.165) is 13.1 Å². The lowest BCUT2D eigenvalue weighted by Crippen LogP contribution is -2.24. The van der Waals surface area contributed by atoms with Crippen LogP contribution in [0.1, 0.15) is 16.2 Å². The fraction of sp³-hybridized carbons (Fsp3) is 0.308. The second kappa shape index (κ2) is 6.68. The number of carboxylic acids is 1. The predicted octanol–water partition coefficient (Wildman–Crippen LogP) is 3.29. The molecular formula is C13H15NO2S2. The van der Waals surface area contributed by atoms with Gasteiger partial charge in [0.05, 0.1) is 6.42 Å². The molecule has 1 N–H and O–H groups in total. The van der Waals surface area contributed by atoms with Crippen LogP contribution in [0.4, 0.5) is 0 Å². The highest BCUT2D eigenvalue weighted by Gasteiger charge is 2.10. The number of aliphatic carboxylic acids is 1. The van der Waals surface area contributed by atoms with E-state index < -0.39 is 5.97 Å². The molecule has 0 aliphatic carbocycles. The van der Waals surface area contributed by atoms with Crippen LogP contribution in [0.25, 0.3) is 0 Å². The summed E-state index contributed by atoms with van der Waals surface area (Å²) in [5.41, 5.74) is 0. The number of nitrogens with zero attached hydrogens (tertiary/aromatic N) is 1. The van der Waals surface area contributed by atoms with Gasteiger partial charge in [-0.2, -0.15) is 0 Å². The Labute approximate surface area is 114 Å². The van der Waals surface area contributed by atoms with Gasteiger partial charge in [-0.1, -0.05) is 12.1 Å². The molecule has 0 amide bonds. The van der Waals surface area contributed by atoms with Gasteiger partial charge in [0.1, 0.15) is 0 Å². The molecule has 0 aromatic carbocycles. The zero-order chi connectivity index (χ0) is 12.8. The number of carboxylic acid groups (broad SMARTS) is 1. The van der Waals surface area contributed by atoms with Gasteiger partial charge >= 0.3 is 5.97 Å².